The van der Waals surface area contributed by atoms with Gasteiger partial charge in [-0.3, -0.25) is 4.79 Å². The van der Waals surface area contributed by atoms with Gasteiger partial charge >= 0.3 is 0 Å². The van der Waals surface area contributed by atoms with Crippen molar-refractivity contribution in [3.8, 4) is 0 Å². The molecule has 0 aliphatic heterocycles. The topological polar surface area (TPSA) is 52.6 Å². The summed E-state index contributed by atoms with van der Waals surface area (Å²) in [5, 5.41) is 12.5. The molecule has 0 atom stereocenters. The number of hydrogen-bond acceptors (Lipinski definition) is 3. The Bertz CT molecular complexity index is 411. The van der Waals surface area contributed by atoms with Gasteiger partial charge < -0.3 is 15.3 Å². The van der Waals surface area contributed by atoms with Gasteiger partial charge in [-0.05, 0) is 17.7 Å². The molecule has 1 amide bonds. The van der Waals surface area contributed by atoms with E-state index in [0.717, 1.165) is 11.3 Å². The van der Waals surface area contributed by atoms with Gasteiger partial charge in [-0.25, -0.2) is 0 Å². The van der Waals surface area contributed by atoms with Gasteiger partial charge in [-0.15, -0.1) is 0 Å². The van der Waals surface area contributed by atoms with E-state index in [4.69, 9.17) is 0 Å². The lowest BCUT2D eigenvalue weighted by Crippen LogP contribution is -2.26. The minimum atomic E-state index is -0.139. The second kappa shape index (κ2) is 6.57. The van der Waals surface area contributed by atoms with Crippen LogP contribution in [0.25, 0.3) is 0 Å². The molecule has 0 aliphatic rings. The second-order valence-electron chi connectivity index (χ2n) is 5.84. The summed E-state index contributed by atoms with van der Waals surface area (Å²) in [4.78, 5) is 13.2. The Morgan fingerprint density at radius 1 is 1.26 bits per heavy atom. The van der Waals surface area contributed by atoms with Crippen molar-refractivity contribution in [2.24, 2.45) is 5.41 Å². The van der Waals surface area contributed by atoms with Crippen LogP contribution in [0.1, 0.15) is 19.4 Å². The zero-order valence-corrected chi connectivity index (χ0v) is 12.2. The highest BCUT2D eigenvalue weighted by atomic mass is 16.3. The number of benzene rings is 1. The number of carbonyl (C=O) groups is 1. The van der Waals surface area contributed by atoms with E-state index in [-0.39, 0.29) is 17.9 Å². The zero-order valence-electron chi connectivity index (χ0n) is 12.2. The van der Waals surface area contributed by atoms with Crippen LogP contribution >= 0.6 is 0 Å². The van der Waals surface area contributed by atoms with Crippen LogP contribution in [0.2, 0.25) is 0 Å². The number of hydrogen-bond donors (Lipinski definition) is 2. The van der Waals surface area contributed by atoms with Crippen molar-refractivity contribution >= 4 is 11.6 Å². The van der Waals surface area contributed by atoms with Crippen LogP contribution in [0.15, 0.2) is 24.3 Å². The van der Waals surface area contributed by atoms with Gasteiger partial charge in [0.15, 0.2) is 0 Å². The minimum Gasteiger partial charge on any atom is -0.396 e. The number of aliphatic hydroxyl groups excluding tert-OH is 1. The quantitative estimate of drug-likeness (QED) is 0.823. The fourth-order valence-electron chi connectivity index (χ4n) is 1.47. The molecular formula is C15H24N2O2. The first-order chi connectivity index (χ1) is 8.84. The monoisotopic (exact) mass is 264 g/mol. The predicted molar refractivity (Wildman–Crippen MR) is 78.2 cm³/mol. The normalized spacial score (nSPS) is 11.2. The summed E-state index contributed by atoms with van der Waals surface area (Å²) in [6, 6.07) is 7.84. The maximum atomic E-state index is 11.6. The SMILES string of the molecule is CN(C)C(=O)Cc1ccc(NCC(C)(C)CO)cc1. The molecule has 0 bridgehead atoms. The van der Waals surface area contributed by atoms with Crippen LogP contribution in [0.5, 0.6) is 0 Å². The smallest absolute Gasteiger partial charge is 0.226 e. The minimum absolute atomic E-state index is 0.0992. The molecule has 0 heterocycles. The maximum absolute atomic E-state index is 11.6. The predicted octanol–water partition coefficient (Wildman–Crippen LogP) is 1.75. The van der Waals surface area contributed by atoms with Crippen LogP contribution < -0.4 is 5.32 Å². The average Bonchev–Trinajstić information content (AvgIpc) is 2.38. The Morgan fingerprint density at radius 2 is 1.84 bits per heavy atom. The summed E-state index contributed by atoms with van der Waals surface area (Å²) in [5.74, 6) is 0.0992. The molecule has 1 aromatic rings. The van der Waals surface area contributed by atoms with Crippen LogP contribution in [0.3, 0.4) is 0 Å². The lowest BCUT2D eigenvalue weighted by atomic mass is 9.95. The molecule has 1 rings (SSSR count). The fourth-order valence-corrected chi connectivity index (χ4v) is 1.47. The third-order valence-electron chi connectivity index (χ3n) is 3.01. The van der Waals surface area contributed by atoms with Gasteiger partial charge in [0.05, 0.1) is 6.42 Å². The molecule has 0 saturated carbocycles. The molecule has 106 valence electrons. The summed E-state index contributed by atoms with van der Waals surface area (Å²) >= 11 is 0. The number of amides is 1. The van der Waals surface area contributed by atoms with E-state index in [1.54, 1.807) is 19.0 Å². The van der Waals surface area contributed by atoms with Gasteiger partial charge in [0, 0.05) is 38.3 Å². The zero-order chi connectivity index (χ0) is 14.5. The first kappa shape index (κ1) is 15.5. The van der Waals surface area contributed by atoms with Crippen molar-refractivity contribution < 1.29 is 9.90 Å². The maximum Gasteiger partial charge on any atom is 0.226 e. The van der Waals surface area contributed by atoms with Gasteiger partial charge in [-0.2, -0.15) is 0 Å². The molecule has 0 radical (unpaired) electrons. The molecule has 0 aromatic heterocycles. The first-order valence-corrected chi connectivity index (χ1v) is 6.48. The Morgan fingerprint density at radius 3 is 2.32 bits per heavy atom. The fraction of sp³-hybridized carbons (Fsp3) is 0.533. The van der Waals surface area contributed by atoms with Crippen LogP contribution in [-0.2, 0) is 11.2 Å². The molecule has 19 heavy (non-hydrogen) atoms. The number of aliphatic hydroxyl groups is 1. The van der Waals surface area contributed by atoms with E-state index < -0.39 is 0 Å². The van der Waals surface area contributed by atoms with Crippen molar-refractivity contribution in [1.29, 1.82) is 0 Å². The lowest BCUT2D eigenvalue weighted by Gasteiger charge is -2.22. The van der Waals surface area contributed by atoms with Crippen LogP contribution in [0, 0.1) is 5.41 Å². The Labute approximate surface area is 115 Å². The molecule has 2 N–H and O–H groups in total. The Balaban J connectivity index is 2.55. The average molecular weight is 264 g/mol. The van der Waals surface area contributed by atoms with Crippen LogP contribution in [0.4, 0.5) is 5.69 Å². The molecule has 4 heteroatoms. The molecule has 0 saturated heterocycles. The number of anilines is 1. The van der Waals surface area contributed by atoms with E-state index >= 15 is 0 Å². The van der Waals surface area contributed by atoms with E-state index in [0.29, 0.717) is 13.0 Å². The van der Waals surface area contributed by atoms with Gasteiger partial charge in [0.25, 0.3) is 0 Å². The highest BCUT2D eigenvalue weighted by Gasteiger charge is 2.15. The standard InChI is InChI=1S/C15H24N2O2/c1-15(2,11-18)10-16-13-7-5-12(6-8-13)9-14(19)17(3)4/h5-8,16,18H,9-11H2,1-4H3. The number of likely N-dealkylation sites (N-methyl/N-ethyl adjacent to an activating group) is 1. The Kier molecular flexibility index (Phi) is 5.36. The van der Waals surface area contributed by atoms with Crippen molar-refractivity contribution in [3.63, 3.8) is 0 Å². The largest absolute Gasteiger partial charge is 0.396 e. The van der Waals surface area contributed by atoms with Crippen molar-refractivity contribution in [2.75, 3.05) is 32.6 Å². The number of rotatable bonds is 6. The number of carbonyl (C=O) groups excluding carboxylic acids is 1. The summed E-state index contributed by atoms with van der Waals surface area (Å²) in [6.45, 7) is 4.86. The number of nitrogens with zero attached hydrogens (tertiary/aromatic N) is 1. The van der Waals surface area contributed by atoms with Crippen LogP contribution in [-0.4, -0.2) is 43.2 Å². The van der Waals surface area contributed by atoms with Crippen molar-refractivity contribution in [3.05, 3.63) is 29.8 Å². The van der Waals surface area contributed by atoms with Gasteiger partial charge in [0.1, 0.15) is 0 Å². The molecule has 0 spiro atoms. The summed E-state index contributed by atoms with van der Waals surface area (Å²) in [7, 11) is 3.52. The molecular weight excluding hydrogens is 240 g/mol. The summed E-state index contributed by atoms with van der Waals surface area (Å²) in [6.07, 6.45) is 0.426. The molecule has 4 nitrogen and oxygen atoms in total. The van der Waals surface area contributed by atoms with E-state index in [1.807, 2.05) is 38.1 Å². The summed E-state index contributed by atoms with van der Waals surface area (Å²) in [5.41, 5.74) is 1.87. The highest BCUT2D eigenvalue weighted by molar-refractivity contribution is 5.78. The molecule has 0 aliphatic carbocycles. The van der Waals surface area contributed by atoms with Gasteiger partial charge in [0.2, 0.25) is 5.91 Å². The Hall–Kier alpha value is -1.55. The first-order valence-electron chi connectivity index (χ1n) is 6.48. The van der Waals surface area contributed by atoms with Crippen molar-refractivity contribution in [2.45, 2.75) is 20.3 Å². The van der Waals surface area contributed by atoms with E-state index in [9.17, 15) is 9.90 Å². The third-order valence-corrected chi connectivity index (χ3v) is 3.01. The number of nitrogens with one attached hydrogen (secondary N) is 1. The molecule has 0 fully saturated rings. The van der Waals surface area contributed by atoms with E-state index in [2.05, 4.69) is 5.32 Å². The van der Waals surface area contributed by atoms with E-state index in [1.165, 1.54) is 0 Å². The van der Waals surface area contributed by atoms with Gasteiger partial charge in [-0.1, -0.05) is 26.0 Å². The molecule has 1 aromatic carbocycles. The summed E-state index contributed by atoms with van der Waals surface area (Å²) < 4.78 is 0. The molecule has 0 unspecified atom stereocenters. The third kappa shape index (κ3) is 5.30. The lowest BCUT2D eigenvalue weighted by molar-refractivity contribution is -0.127. The highest BCUT2D eigenvalue weighted by Crippen LogP contribution is 2.16. The second-order valence-corrected chi connectivity index (χ2v) is 5.84. The van der Waals surface area contributed by atoms with Crippen molar-refractivity contribution in [1.82, 2.24) is 4.90 Å².